The summed E-state index contributed by atoms with van der Waals surface area (Å²) in [6.07, 6.45) is 0. The Labute approximate surface area is 167 Å². The Morgan fingerprint density at radius 1 is 1.04 bits per heavy atom. The fraction of sp³-hybridized carbons (Fsp3) is 0.190. The van der Waals surface area contributed by atoms with Crippen LogP contribution >= 0.6 is 11.3 Å². The zero-order chi connectivity index (χ0) is 19.9. The maximum atomic E-state index is 10.4. The van der Waals surface area contributed by atoms with Crippen molar-refractivity contribution < 1.29 is 9.92 Å². The van der Waals surface area contributed by atoms with E-state index in [-0.39, 0.29) is 6.61 Å². The van der Waals surface area contributed by atoms with Gasteiger partial charge in [-0.2, -0.15) is 5.10 Å². The number of nitrogens with zero attached hydrogens (tertiary/aromatic N) is 3. The normalized spacial score (nSPS) is 10.4. The van der Waals surface area contributed by atoms with Crippen LogP contribution in [0.15, 0.2) is 66.7 Å². The van der Waals surface area contributed by atoms with E-state index >= 15 is 0 Å². The number of aromatic nitrogens is 2. The predicted molar refractivity (Wildman–Crippen MR) is 112 cm³/mol. The highest BCUT2D eigenvalue weighted by atomic mass is 32.1. The number of benzene rings is 2. The largest absolute Gasteiger partial charge is 0.308 e. The molecule has 0 amide bonds. The summed E-state index contributed by atoms with van der Waals surface area (Å²) in [7, 11) is 0. The van der Waals surface area contributed by atoms with Gasteiger partial charge in [-0.1, -0.05) is 62.4 Å². The molecule has 4 aromatic rings. The van der Waals surface area contributed by atoms with E-state index in [0.717, 1.165) is 26.4 Å². The molecule has 28 heavy (non-hydrogen) atoms. The third-order valence-electron chi connectivity index (χ3n) is 4.04. The van der Waals surface area contributed by atoms with Gasteiger partial charge in [0, 0.05) is 10.3 Å². The lowest BCUT2D eigenvalue weighted by atomic mass is 10.2. The molecule has 0 bridgehead atoms. The summed E-state index contributed by atoms with van der Waals surface area (Å²) in [6.45, 7) is 4.64. The van der Waals surface area contributed by atoms with Gasteiger partial charge >= 0.3 is 0 Å². The quantitative estimate of drug-likeness (QED) is 0.317. The molecule has 2 aromatic heterocycles. The smallest absolute Gasteiger partial charge is 0.294 e. The van der Waals surface area contributed by atoms with Crippen LogP contribution in [-0.4, -0.2) is 14.9 Å². The van der Waals surface area contributed by atoms with E-state index < -0.39 is 5.09 Å². The Morgan fingerprint density at radius 3 is 2.50 bits per heavy atom. The highest BCUT2D eigenvalue weighted by Crippen LogP contribution is 2.33. The average molecular weight is 395 g/mol. The van der Waals surface area contributed by atoms with Crippen molar-refractivity contribution >= 4 is 22.2 Å². The van der Waals surface area contributed by atoms with Gasteiger partial charge < -0.3 is 4.84 Å². The summed E-state index contributed by atoms with van der Waals surface area (Å²) in [5.41, 5.74) is 3.12. The van der Waals surface area contributed by atoms with Crippen LogP contribution in [0.4, 0.5) is 0 Å². The standard InChI is InChI=1S/C19H15N3O3S.C2H6/c23-22(24)25-13-15-10-11-18(26-15)19-16-8-4-5-9-17(16)21(20-19)12-14-6-2-1-3-7-14;1-2/h1-11H,12-13H2;1-2H3. The summed E-state index contributed by atoms with van der Waals surface area (Å²) in [5, 5.41) is 15.5. The van der Waals surface area contributed by atoms with Crippen LogP contribution in [0.5, 0.6) is 0 Å². The first-order chi connectivity index (χ1) is 13.7. The number of rotatable bonds is 6. The highest BCUT2D eigenvalue weighted by Gasteiger charge is 2.14. The molecular weight excluding hydrogens is 374 g/mol. The number of hydrogen-bond donors (Lipinski definition) is 0. The molecule has 4 rings (SSSR count). The Kier molecular flexibility index (Phi) is 6.39. The van der Waals surface area contributed by atoms with Gasteiger partial charge in [-0.15, -0.1) is 21.5 Å². The van der Waals surface area contributed by atoms with Crippen LogP contribution in [0, 0.1) is 10.1 Å². The second-order valence-electron chi connectivity index (χ2n) is 5.77. The Morgan fingerprint density at radius 2 is 1.75 bits per heavy atom. The van der Waals surface area contributed by atoms with E-state index in [0.29, 0.717) is 6.54 Å². The van der Waals surface area contributed by atoms with Gasteiger partial charge in [0.1, 0.15) is 12.3 Å². The molecule has 144 valence electrons. The molecule has 0 saturated carbocycles. The van der Waals surface area contributed by atoms with Gasteiger partial charge in [-0.25, -0.2) is 0 Å². The van der Waals surface area contributed by atoms with Crippen molar-refractivity contribution in [1.29, 1.82) is 0 Å². The number of thiophene rings is 1. The first-order valence-corrected chi connectivity index (χ1v) is 9.88. The number of hydrogen-bond acceptors (Lipinski definition) is 5. The summed E-state index contributed by atoms with van der Waals surface area (Å²) >= 11 is 1.46. The molecule has 0 N–H and O–H groups in total. The second kappa shape index (κ2) is 9.14. The third-order valence-corrected chi connectivity index (χ3v) is 5.11. The molecule has 0 unspecified atom stereocenters. The minimum atomic E-state index is -0.774. The van der Waals surface area contributed by atoms with Gasteiger partial charge in [0.25, 0.3) is 5.09 Å². The SMILES string of the molecule is CC.O=[N+]([O-])OCc1ccc(-c2nn(Cc3ccccc3)c3ccccc23)s1. The predicted octanol–water partition coefficient (Wildman–Crippen LogP) is 5.55. The number of para-hydroxylation sites is 1. The zero-order valence-electron chi connectivity index (χ0n) is 15.7. The lowest BCUT2D eigenvalue weighted by molar-refractivity contribution is -0.762. The molecule has 0 aliphatic rings. The third kappa shape index (κ3) is 4.37. The molecule has 0 fully saturated rings. The van der Waals surface area contributed by atoms with Crippen LogP contribution < -0.4 is 0 Å². The van der Waals surface area contributed by atoms with Crippen molar-refractivity contribution in [2.45, 2.75) is 27.0 Å². The van der Waals surface area contributed by atoms with Crippen LogP contribution in [0.25, 0.3) is 21.5 Å². The molecule has 0 aliphatic heterocycles. The Hall–Kier alpha value is -3.19. The van der Waals surface area contributed by atoms with Crippen LogP contribution in [0.2, 0.25) is 0 Å². The van der Waals surface area contributed by atoms with E-state index in [9.17, 15) is 10.1 Å². The van der Waals surface area contributed by atoms with Gasteiger partial charge in [-0.05, 0) is 23.8 Å². The Bertz CT molecular complexity index is 1060. The minimum Gasteiger partial charge on any atom is -0.308 e. The van der Waals surface area contributed by atoms with E-state index in [1.54, 1.807) is 0 Å². The highest BCUT2D eigenvalue weighted by molar-refractivity contribution is 7.15. The van der Waals surface area contributed by atoms with Crippen molar-refractivity contribution in [3.63, 3.8) is 0 Å². The van der Waals surface area contributed by atoms with E-state index in [1.165, 1.54) is 16.9 Å². The molecule has 0 spiro atoms. The first-order valence-electron chi connectivity index (χ1n) is 9.06. The van der Waals surface area contributed by atoms with Crippen molar-refractivity contribution in [2.75, 3.05) is 0 Å². The summed E-state index contributed by atoms with van der Waals surface area (Å²) < 4.78 is 1.99. The van der Waals surface area contributed by atoms with Crippen molar-refractivity contribution in [2.24, 2.45) is 0 Å². The second-order valence-corrected chi connectivity index (χ2v) is 6.94. The van der Waals surface area contributed by atoms with Crippen LogP contribution in [0.3, 0.4) is 0 Å². The fourth-order valence-corrected chi connectivity index (χ4v) is 3.80. The topological polar surface area (TPSA) is 70.2 Å². The van der Waals surface area contributed by atoms with E-state index in [1.807, 2.05) is 67.1 Å². The molecule has 0 atom stereocenters. The maximum absolute atomic E-state index is 10.4. The molecule has 6 nitrogen and oxygen atoms in total. The molecule has 2 heterocycles. The van der Waals surface area contributed by atoms with Crippen molar-refractivity contribution in [3.8, 4) is 10.6 Å². The molecule has 2 aromatic carbocycles. The van der Waals surface area contributed by atoms with Gasteiger partial charge in [0.2, 0.25) is 0 Å². The molecule has 0 aliphatic carbocycles. The Balaban J connectivity index is 0.00000109. The van der Waals surface area contributed by atoms with Crippen LogP contribution in [-0.2, 0) is 18.0 Å². The molecule has 0 radical (unpaired) electrons. The number of fused-ring (bicyclic) bond motifs is 1. The fourth-order valence-electron chi connectivity index (χ4n) is 2.89. The molecular formula is C21H21N3O3S. The monoisotopic (exact) mass is 395 g/mol. The lowest BCUT2D eigenvalue weighted by Crippen LogP contribution is -2.01. The zero-order valence-corrected chi connectivity index (χ0v) is 16.6. The van der Waals surface area contributed by atoms with Crippen molar-refractivity contribution in [1.82, 2.24) is 9.78 Å². The van der Waals surface area contributed by atoms with Gasteiger partial charge in [0.15, 0.2) is 0 Å². The average Bonchev–Trinajstić information content (AvgIpc) is 3.34. The minimum absolute atomic E-state index is 0.0413. The molecule has 0 saturated heterocycles. The summed E-state index contributed by atoms with van der Waals surface area (Å²) in [4.78, 5) is 16.6. The van der Waals surface area contributed by atoms with E-state index in [4.69, 9.17) is 5.10 Å². The summed E-state index contributed by atoms with van der Waals surface area (Å²) in [5.74, 6) is 0. The van der Waals surface area contributed by atoms with E-state index in [2.05, 4.69) is 23.0 Å². The van der Waals surface area contributed by atoms with Crippen LogP contribution in [0.1, 0.15) is 24.3 Å². The van der Waals surface area contributed by atoms with Crippen molar-refractivity contribution in [3.05, 3.63) is 87.3 Å². The summed E-state index contributed by atoms with van der Waals surface area (Å²) in [6, 6.07) is 22.1. The lowest BCUT2D eigenvalue weighted by Gasteiger charge is -2.03. The van der Waals surface area contributed by atoms with Gasteiger partial charge in [0.05, 0.1) is 16.9 Å². The first kappa shape index (κ1) is 19.6. The molecule has 7 heteroatoms. The van der Waals surface area contributed by atoms with Gasteiger partial charge in [-0.3, -0.25) is 4.68 Å². The maximum Gasteiger partial charge on any atom is 0.294 e.